The van der Waals surface area contributed by atoms with E-state index in [1.54, 1.807) is 13.1 Å². The third-order valence-electron chi connectivity index (χ3n) is 5.78. The molecule has 1 aromatic carbocycles. The Kier molecular flexibility index (Phi) is 6.48. The maximum atomic E-state index is 13.1. The minimum Gasteiger partial charge on any atom is -0.370 e. The van der Waals surface area contributed by atoms with E-state index < -0.39 is 5.95 Å². The Balaban J connectivity index is 1.51. The van der Waals surface area contributed by atoms with Gasteiger partial charge in [-0.05, 0) is 29.5 Å². The van der Waals surface area contributed by atoms with Gasteiger partial charge in [-0.2, -0.15) is 4.39 Å². The molecule has 0 radical (unpaired) electrons. The van der Waals surface area contributed by atoms with Crippen molar-refractivity contribution >= 4 is 22.6 Å². The van der Waals surface area contributed by atoms with Crippen LogP contribution in [0.4, 0.5) is 10.2 Å². The molecule has 168 valence electrons. The van der Waals surface area contributed by atoms with Crippen molar-refractivity contribution in [3.63, 3.8) is 0 Å². The summed E-state index contributed by atoms with van der Waals surface area (Å²) < 4.78 is 13.1. The van der Waals surface area contributed by atoms with Gasteiger partial charge >= 0.3 is 0 Å². The van der Waals surface area contributed by atoms with Gasteiger partial charge in [-0.25, -0.2) is 24.9 Å². The van der Waals surface area contributed by atoms with Crippen molar-refractivity contribution in [3.05, 3.63) is 72.5 Å². The number of fused-ring (bicyclic) bond motifs is 1. The number of hydrogen-bond donors (Lipinski definition) is 2. The van der Waals surface area contributed by atoms with E-state index in [9.17, 15) is 9.18 Å². The maximum Gasteiger partial charge on any atom is 0.270 e. The van der Waals surface area contributed by atoms with Crippen LogP contribution in [0.2, 0.25) is 0 Å². The molecule has 0 saturated carbocycles. The van der Waals surface area contributed by atoms with Crippen LogP contribution in [0.25, 0.3) is 22.2 Å². The predicted octanol–water partition coefficient (Wildman–Crippen LogP) is 3.83. The van der Waals surface area contributed by atoms with Crippen molar-refractivity contribution in [2.45, 2.75) is 19.8 Å². The SMILES string of the molecule is CNC(=O)c1ncnc2c(C(C)[C@H](C)CNc3cc(-c4ccc(F)nc4)ncn3)cccc12. The number of aromatic nitrogens is 5. The summed E-state index contributed by atoms with van der Waals surface area (Å²) in [6.07, 6.45) is 4.34. The molecule has 33 heavy (non-hydrogen) atoms. The average Bonchev–Trinajstić information content (AvgIpc) is 2.86. The fourth-order valence-corrected chi connectivity index (χ4v) is 3.67. The molecule has 0 fully saturated rings. The van der Waals surface area contributed by atoms with Gasteiger partial charge in [0.15, 0.2) is 0 Å². The van der Waals surface area contributed by atoms with Crippen LogP contribution in [-0.4, -0.2) is 44.4 Å². The number of carbonyl (C=O) groups is 1. The molecule has 0 aliphatic rings. The van der Waals surface area contributed by atoms with Crippen LogP contribution >= 0.6 is 0 Å². The second-order valence-corrected chi connectivity index (χ2v) is 7.85. The second kappa shape index (κ2) is 9.64. The highest BCUT2D eigenvalue weighted by Crippen LogP contribution is 2.30. The Morgan fingerprint density at radius 1 is 1.03 bits per heavy atom. The summed E-state index contributed by atoms with van der Waals surface area (Å²) in [5.41, 5.74) is 3.57. The Hall–Kier alpha value is -4.01. The summed E-state index contributed by atoms with van der Waals surface area (Å²) in [6, 6.07) is 10.6. The highest BCUT2D eigenvalue weighted by molar-refractivity contribution is 6.04. The Bertz CT molecular complexity index is 1280. The van der Waals surface area contributed by atoms with E-state index in [-0.39, 0.29) is 17.7 Å². The lowest BCUT2D eigenvalue weighted by Gasteiger charge is -2.22. The van der Waals surface area contributed by atoms with Crippen LogP contribution in [0, 0.1) is 11.9 Å². The van der Waals surface area contributed by atoms with Crippen molar-refractivity contribution in [1.29, 1.82) is 0 Å². The quantitative estimate of drug-likeness (QED) is 0.417. The largest absolute Gasteiger partial charge is 0.370 e. The third kappa shape index (κ3) is 4.77. The molecule has 4 rings (SSSR count). The lowest BCUT2D eigenvalue weighted by atomic mass is 9.87. The van der Waals surface area contributed by atoms with E-state index in [2.05, 4.69) is 49.4 Å². The number of nitrogens with zero attached hydrogens (tertiary/aromatic N) is 5. The van der Waals surface area contributed by atoms with E-state index >= 15 is 0 Å². The van der Waals surface area contributed by atoms with Crippen molar-refractivity contribution < 1.29 is 9.18 Å². The van der Waals surface area contributed by atoms with E-state index in [0.717, 1.165) is 16.5 Å². The maximum absolute atomic E-state index is 13.1. The molecule has 0 aliphatic heterocycles. The van der Waals surface area contributed by atoms with Crippen LogP contribution in [0.1, 0.15) is 35.8 Å². The molecule has 0 spiro atoms. The van der Waals surface area contributed by atoms with E-state index in [1.807, 2.05) is 24.3 Å². The standard InChI is InChI=1S/C24H24FN7O/c1-14(10-28-21-9-19(29-12-30-21)16-7-8-20(25)27-11-16)15(2)17-5-4-6-18-22(17)31-13-32-23(18)24(33)26-3/h4-9,11-15H,10H2,1-3H3,(H,26,33)(H,28,29,30)/t14-,15?/m1/s1. The molecule has 2 N–H and O–H groups in total. The highest BCUT2D eigenvalue weighted by atomic mass is 19.1. The summed E-state index contributed by atoms with van der Waals surface area (Å²) in [5, 5.41) is 6.72. The van der Waals surface area contributed by atoms with Crippen LogP contribution < -0.4 is 10.6 Å². The summed E-state index contributed by atoms with van der Waals surface area (Å²) in [5.74, 6) is 0.273. The number of halogens is 1. The van der Waals surface area contributed by atoms with E-state index in [4.69, 9.17) is 0 Å². The molecule has 3 heterocycles. The molecule has 3 aromatic heterocycles. The molecular formula is C24H24FN7O. The zero-order valence-electron chi connectivity index (χ0n) is 18.6. The molecule has 1 unspecified atom stereocenters. The molecule has 2 atom stereocenters. The number of anilines is 1. The normalized spacial score (nSPS) is 12.8. The molecule has 0 aliphatic carbocycles. The van der Waals surface area contributed by atoms with Gasteiger partial charge < -0.3 is 10.6 Å². The van der Waals surface area contributed by atoms with Crippen LogP contribution in [0.15, 0.2) is 55.2 Å². The Morgan fingerprint density at radius 3 is 2.61 bits per heavy atom. The monoisotopic (exact) mass is 445 g/mol. The number of benzene rings is 1. The van der Waals surface area contributed by atoms with Gasteiger partial charge in [-0.3, -0.25) is 4.79 Å². The van der Waals surface area contributed by atoms with Crippen molar-refractivity contribution in [1.82, 2.24) is 30.2 Å². The number of para-hydroxylation sites is 1. The van der Waals surface area contributed by atoms with E-state index in [1.165, 1.54) is 24.9 Å². The second-order valence-electron chi connectivity index (χ2n) is 7.85. The fourth-order valence-electron chi connectivity index (χ4n) is 3.67. The Labute approximate surface area is 190 Å². The van der Waals surface area contributed by atoms with Crippen molar-refractivity contribution in [2.75, 3.05) is 18.9 Å². The first-order valence-corrected chi connectivity index (χ1v) is 10.6. The first kappa shape index (κ1) is 22.2. The van der Waals surface area contributed by atoms with Gasteiger partial charge in [0, 0.05) is 36.8 Å². The Morgan fingerprint density at radius 2 is 1.85 bits per heavy atom. The first-order chi connectivity index (χ1) is 16.0. The molecule has 4 aromatic rings. The summed E-state index contributed by atoms with van der Waals surface area (Å²) in [6.45, 7) is 4.94. The molecular weight excluding hydrogens is 421 g/mol. The average molecular weight is 446 g/mol. The van der Waals surface area contributed by atoms with Crippen molar-refractivity contribution in [2.24, 2.45) is 5.92 Å². The summed E-state index contributed by atoms with van der Waals surface area (Å²) >= 11 is 0. The first-order valence-electron chi connectivity index (χ1n) is 10.6. The zero-order chi connectivity index (χ0) is 23.4. The zero-order valence-corrected chi connectivity index (χ0v) is 18.6. The number of hydrogen-bond acceptors (Lipinski definition) is 7. The number of amides is 1. The van der Waals surface area contributed by atoms with E-state index in [0.29, 0.717) is 29.3 Å². The van der Waals surface area contributed by atoms with Crippen LogP contribution in [0.5, 0.6) is 0 Å². The van der Waals surface area contributed by atoms with Gasteiger partial charge in [-0.15, -0.1) is 0 Å². The lowest BCUT2D eigenvalue weighted by molar-refractivity contribution is 0.0960. The lowest BCUT2D eigenvalue weighted by Crippen LogP contribution is -2.20. The minimum atomic E-state index is -0.532. The van der Waals surface area contributed by atoms with Gasteiger partial charge in [0.2, 0.25) is 5.95 Å². The molecule has 9 heteroatoms. The molecule has 0 bridgehead atoms. The van der Waals surface area contributed by atoms with Gasteiger partial charge in [-0.1, -0.05) is 32.0 Å². The fraction of sp³-hybridized carbons (Fsp3) is 0.250. The van der Waals surface area contributed by atoms with Gasteiger partial charge in [0.1, 0.15) is 24.2 Å². The minimum absolute atomic E-state index is 0.149. The molecule has 1 amide bonds. The van der Waals surface area contributed by atoms with Gasteiger partial charge in [0.25, 0.3) is 5.91 Å². The van der Waals surface area contributed by atoms with Crippen molar-refractivity contribution in [3.8, 4) is 11.3 Å². The number of rotatable bonds is 7. The van der Waals surface area contributed by atoms with Crippen LogP contribution in [-0.2, 0) is 0 Å². The number of nitrogens with one attached hydrogen (secondary N) is 2. The summed E-state index contributed by atoms with van der Waals surface area (Å²) in [4.78, 5) is 33.1. The van der Waals surface area contributed by atoms with Gasteiger partial charge in [0.05, 0.1) is 11.2 Å². The molecule has 8 nitrogen and oxygen atoms in total. The number of carbonyl (C=O) groups excluding carboxylic acids is 1. The summed E-state index contributed by atoms with van der Waals surface area (Å²) in [7, 11) is 1.58. The van der Waals surface area contributed by atoms with Crippen LogP contribution in [0.3, 0.4) is 0 Å². The predicted molar refractivity (Wildman–Crippen MR) is 124 cm³/mol. The molecule has 0 saturated heterocycles. The number of pyridine rings is 1. The topological polar surface area (TPSA) is 106 Å². The smallest absolute Gasteiger partial charge is 0.270 e. The highest BCUT2D eigenvalue weighted by Gasteiger charge is 2.20. The third-order valence-corrected chi connectivity index (χ3v) is 5.78.